The van der Waals surface area contributed by atoms with Crippen LogP contribution in [0.2, 0.25) is 0 Å². The lowest BCUT2D eigenvalue weighted by molar-refractivity contribution is -0.122. The fourth-order valence-corrected chi connectivity index (χ4v) is 1.97. The zero-order valence-electron chi connectivity index (χ0n) is 13.0. The van der Waals surface area contributed by atoms with Gasteiger partial charge < -0.3 is 10.1 Å². The number of carbonyl (C=O) groups excluding carboxylic acids is 1. The van der Waals surface area contributed by atoms with Gasteiger partial charge >= 0.3 is 0 Å². The van der Waals surface area contributed by atoms with Crippen LogP contribution in [0.4, 0.5) is 10.1 Å². The lowest BCUT2D eigenvalue weighted by Crippen LogP contribution is -2.30. The minimum atomic E-state index is -0.644. The van der Waals surface area contributed by atoms with Crippen molar-refractivity contribution < 1.29 is 13.9 Å². The summed E-state index contributed by atoms with van der Waals surface area (Å²) in [5.74, 6) is 0.478. The highest BCUT2D eigenvalue weighted by Gasteiger charge is 2.15. The molecule has 2 aromatic carbocycles. The smallest absolute Gasteiger partial charge is 0.265 e. The molecule has 0 spiro atoms. The van der Waals surface area contributed by atoms with Crippen LogP contribution in [0.25, 0.3) is 0 Å². The van der Waals surface area contributed by atoms with E-state index in [1.54, 1.807) is 6.92 Å². The van der Waals surface area contributed by atoms with Crippen LogP contribution >= 0.6 is 0 Å². The molecular weight excluding hydrogens is 281 g/mol. The van der Waals surface area contributed by atoms with Crippen molar-refractivity contribution in [1.82, 2.24) is 0 Å². The number of hydrogen-bond acceptors (Lipinski definition) is 2. The highest BCUT2D eigenvalue weighted by atomic mass is 19.1. The van der Waals surface area contributed by atoms with Crippen LogP contribution in [0.5, 0.6) is 5.75 Å². The van der Waals surface area contributed by atoms with E-state index in [9.17, 15) is 9.18 Å². The molecule has 0 radical (unpaired) electrons. The maximum atomic E-state index is 12.8. The Labute approximate surface area is 130 Å². The predicted octanol–water partition coefficient (Wildman–Crippen LogP) is 4.36. The van der Waals surface area contributed by atoms with Gasteiger partial charge in [-0.1, -0.05) is 26.0 Å². The van der Waals surface area contributed by atoms with Crippen LogP contribution in [0, 0.1) is 5.82 Å². The Hall–Kier alpha value is -2.36. The Balaban J connectivity index is 1.94. The molecular formula is C18H20FNO2. The number of ether oxygens (including phenoxy) is 1. The first kappa shape index (κ1) is 16.0. The van der Waals surface area contributed by atoms with E-state index in [1.165, 1.54) is 29.8 Å². The number of halogens is 1. The summed E-state index contributed by atoms with van der Waals surface area (Å²) in [4.78, 5) is 12.0. The van der Waals surface area contributed by atoms with Gasteiger partial charge in [-0.2, -0.15) is 0 Å². The van der Waals surface area contributed by atoms with E-state index in [0.29, 0.717) is 17.4 Å². The first-order chi connectivity index (χ1) is 10.5. The van der Waals surface area contributed by atoms with Gasteiger partial charge in [0.25, 0.3) is 5.91 Å². The van der Waals surface area contributed by atoms with Gasteiger partial charge in [-0.3, -0.25) is 4.79 Å². The van der Waals surface area contributed by atoms with Crippen LogP contribution in [-0.4, -0.2) is 12.0 Å². The number of anilines is 1. The van der Waals surface area contributed by atoms with Crippen molar-refractivity contribution in [1.29, 1.82) is 0 Å². The van der Waals surface area contributed by atoms with E-state index in [0.717, 1.165) is 0 Å². The van der Waals surface area contributed by atoms with Crippen LogP contribution in [-0.2, 0) is 4.79 Å². The van der Waals surface area contributed by atoms with Crippen molar-refractivity contribution in [2.75, 3.05) is 5.32 Å². The molecule has 0 bridgehead atoms. The second-order valence-corrected chi connectivity index (χ2v) is 5.48. The summed E-state index contributed by atoms with van der Waals surface area (Å²) in [7, 11) is 0. The van der Waals surface area contributed by atoms with E-state index < -0.39 is 6.10 Å². The number of carbonyl (C=O) groups is 1. The van der Waals surface area contributed by atoms with Gasteiger partial charge in [-0.15, -0.1) is 0 Å². The van der Waals surface area contributed by atoms with Crippen molar-refractivity contribution in [3.05, 3.63) is 59.9 Å². The van der Waals surface area contributed by atoms with Crippen molar-refractivity contribution in [3.63, 3.8) is 0 Å². The topological polar surface area (TPSA) is 38.3 Å². The van der Waals surface area contributed by atoms with Crippen molar-refractivity contribution in [2.24, 2.45) is 0 Å². The second-order valence-electron chi connectivity index (χ2n) is 5.48. The summed E-state index contributed by atoms with van der Waals surface area (Å²) < 4.78 is 18.4. The number of rotatable bonds is 5. The summed E-state index contributed by atoms with van der Waals surface area (Å²) in [6.07, 6.45) is -0.644. The number of nitrogens with one attached hydrogen (secondary N) is 1. The first-order valence-corrected chi connectivity index (χ1v) is 7.29. The molecule has 0 fully saturated rings. The van der Waals surface area contributed by atoms with Crippen LogP contribution in [0.3, 0.4) is 0 Å². The lowest BCUT2D eigenvalue weighted by atomic mass is 10.0. The average Bonchev–Trinajstić information content (AvgIpc) is 2.50. The Morgan fingerprint density at radius 2 is 1.59 bits per heavy atom. The number of amides is 1. The summed E-state index contributed by atoms with van der Waals surface area (Å²) >= 11 is 0. The molecule has 3 nitrogen and oxygen atoms in total. The zero-order chi connectivity index (χ0) is 16.1. The third kappa shape index (κ3) is 4.32. The number of hydrogen-bond donors (Lipinski definition) is 1. The van der Waals surface area contributed by atoms with Crippen molar-refractivity contribution in [2.45, 2.75) is 32.8 Å². The SMILES string of the molecule is CC(C)c1ccc(O[C@H](C)C(=O)Nc2ccc(F)cc2)cc1. The van der Waals surface area contributed by atoms with E-state index in [-0.39, 0.29) is 11.7 Å². The van der Waals surface area contributed by atoms with Gasteiger partial charge in [-0.25, -0.2) is 4.39 Å². The van der Waals surface area contributed by atoms with Crippen molar-refractivity contribution >= 4 is 11.6 Å². The molecule has 0 aliphatic carbocycles. The minimum Gasteiger partial charge on any atom is -0.481 e. The highest BCUT2D eigenvalue weighted by molar-refractivity contribution is 5.94. The van der Waals surface area contributed by atoms with E-state index in [2.05, 4.69) is 19.2 Å². The lowest BCUT2D eigenvalue weighted by Gasteiger charge is -2.15. The van der Waals surface area contributed by atoms with Gasteiger partial charge in [0.05, 0.1) is 0 Å². The van der Waals surface area contributed by atoms with E-state index in [1.807, 2.05) is 24.3 Å². The number of benzene rings is 2. The maximum absolute atomic E-state index is 12.8. The summed E-state index contributed by atoms with van der Waals surface area (Å²) in [5.41, 5.74) is 1.76. The molecule has 0 unspecified atom stereocenters. The van der Waals surface area contributed by atoms with Gasteiger partial charge in [-0.05, 0) is 54.8 Å². The third-order valence-corrected chi connectivity index (χ3v) is 3.34. The first-order valence-electron chi connectivity index (χ1n) is 7.29. The fraction of sp³-hybridized carbons (Fsp3) is 0.278. The molecule has 0 saturated heterocycles. The largest absolute Gasteiger partial charge is 0.481 e. The molecule has 1 N–H and O–H groups in total. The predicted molar refractivity (Wildman–Crippen MR) is 85.7 cm³/mol. The zero-order valence-corrected chi connectivity index (χ0v) is 13.0. The molecule has 116 valence electrons. The van der Waals surface area contributed by atoms with Gasteiger partial charge in [0, 0.05) is 5.69 Å². The second kappa shape index (κ2) is 7.07. The Morgan fingerprint density at radius 3 is 2.14 bits per heavy atom. The Morgan fingerprint density at radius 1 is 1.00 bits per heavy atom. The minimum absolute atomic E-state index is 0.278. The highest BCUT2D eigenvalue weighted by Crippen LogP contribution is 2.19. The molecule has 4 heteroatoms. The Kier molecular flexibility index (Phi) is 5.15. The normalized spacial score (nSPS) is 12.0. The van der Waals surface area contributed by atoms with Gasteiger partial charge in [0.1, 0.15) is 11.6 Å². The van der Waals surface area contributed by atoms with E-state index in [4.69, 9.17) is 4.74 Å². The standard InChI is InChI=1S/C18H20FNO2/c1-12(2)14-4-10-17(11-5-14)22-13(3)18(21)20-16-8-6-15(19)7-9-16/h4-13H,1-3H3,(H,20,21)/t13-/m1/s1. The molecule has 0 heterocycles. The molecule has 0 saturated carbocycles. The van der Waals surface area contributed by atoms with Crippen LogP contribution < -0.4 is 10.1 Å². The van der Waals surface area contributed by atoms with Crippen LogP contribution in [0.15, 0.2) is 48.5 Å². The monoisotopic (exact) mass is 301 g/mol. The molecule has 0 aromatic heterocycles. The molecule has 22 heavy (non-hydrogen) atoms. The quantitative estimate of drug-likeness (QED) is 0.891. The van der Waals surface area contributed by atoms with Crippen molar-refractivity contribution in [3.8, 4) is 5.75 Å². The third-order valence-electron chi connectivity index (χ3n) is 3.34. The summed E-state index contributed by atoms with van der Waals surface area (Å²) in [6.45, 7) is 5.92. The maximum Gasteiger partial charge on any atom is 0.265 e. The molecule has 0 aliphatic heterocycles. The molecule has 2 aromatic rings. The molecule has 1 amide bonds. The Bertz CT molecular complexity index is 621. The van der Waals surface area contributed by atoms with E-state index >= 15 is 0 Å². The molecule has 2 rings (SSSR count). The summed E-state index contributed by atoms with van der Waals surface area (Å²) in [6, 6.07) is 13.3. The fourth-order valence-electron chi connectivity index (χ4n) is 1.97. The van der Waals surface area contributed by atoms with Crippen LogP contribution in [0.1, 0.15) is 32.3 Å². The van der Waals surface area contributed by atoms with Gasteiger partial charge in [0.15, 0.2) is 6.10 Å². The average molecular weight is 301 g/mol. The molecule has 0 aliphatic rings. The summed E-state index contributed by atoms with van der Waals surface area (Å²) in [5, 5.41) is 2.69. The van der Waals surface area contributed by atoms with Gasteiger partial charge in [0.2, 0.25) is 0 Å². The molecule has 1 atom stereocenters.